The number of carboxylic acids is 1. The fourth-order valence-electron chi connectivity index (χ4n) is 0.875. The quantitative estimate of drug-likeness (QED) is 0.679. The summed E-state index contributed by atoms with van der Waals surface area (Å²) in [6.45, 7) is 1.77. The number of carboxylic acid groups (broad SMARTS) is 1. The molecule has 60 valence electrons. The number of hydrogen-bond acceptors (Lipinski definition) is 2. The van der Waals surface area contributed by atoms with Gasteiger partial charge in [0, 0.05) is 0 Å². The van der Waals surface area contributed by atoms with Gasteiger partial charge in [-0.15, -0.1) is 0 Å². The Morgan fingerprint density at radius 3 is 2.75 bits per heavy atom. The van der Waals surface area contributed by atoms with Gasteiger partial charge in [-0.3, -0.25) is 0 Å². The smallest absolute Gasteiger partial charge is 0.335 e. The highest BCUT2D eigenvalue weighted by molar-refractivity contribution is 5.88. The minimum absolute atomic E-state index is 0.150. The van der Waals surface area contributed by atoms with E-state index in [2.05, 4.69) is 0 Å². The van der Waals surface area contributed by atoms with Crippen LogP contribution < -0.4 is 0 Å². The minimum atomic E-state index is -1.01. The van der Waals surface area contributed by atoms with Crippen LogP contribution in [-0.4, -0.2) is 11.1 Å². The van der Waals surface area contributed by atoms with Gasteiger partial charge in [-0.25, -0.2) is 4.79 Å². The number of nitriles is 1. The summed E-state index contributed by atoms with van der Waals surface area (Å²) in [5, 5.41) is 17.2. The van der Waals surface area contributed by atoms with Crippen molar-refractivity contribution in [3.63, 3.8) is 0 Å². The van der Waals surface area contributed by atoms with Gasteiger partial charge in [0.2, 0.25) is 0 Å². The number of rotatable bonds is 1. The fourth-order valence-corrected chi connectivity index (χ4v) is 0.875. The Hall–Kier alpha value is -1.82. The largest absolute Gasteiger partial charge is 0.478 e. The molecular weight excluding hydrogens is 154 g/mol. The normalized spacial score (nSPS) is 9.00. The number of hydrogen-bond donors (Lipinski definition) is 1. The first kappa shape index (κ1) is 8.28. The van der Waals surface area contributed by atoms with Crippen LogP contribution in [0.4, 0.5) is 0 Å². The minimum Gasteiger partial charge on any atom is -0.478 e. The average molecular weight is 161 g/mol. The van der Waals surface area contributed by atoms with Crippen molar-refractivity contribution >= 4 is 5.97 Å². The van der Waals surface area contributed by atoms with Crippen LogP contribution in [-0.2, 0) is 0 Å². The standard InChI is InChI=1S/C9H7NO2/c1-6-2-3-7(9(11)12)4-8(6)5-10/h2-4H,1H3,(H,11,12). The third-order valence-corrected chi connectivity index (χ3v) is 1.60. The Labute approximate surface area is 69.9 Å². The monoisotopic (exact) mass is 161 g/mol. The van der Waals surface area contributed by atoms with Crippen molar-refractivity contribution in [2.45, 2.75) is 6.92 Å². The third-order valence-electron chi connectivity index (χ3n) is 1.60. The predicted octanol–water partition coefficient (Wildman–Crippen LogP) is 1.56. The molecule has 0 heterocycles. The predicted molar refractivity (Wildman–Crippen MR) is 42.9 cm³/mol. The van der Waals surface area contributed by atoms with Crippen LogP contribution in [0.2, 0.25) is 0 Å². The van der Waals surface area contributed by atoms with Crippen LogP contribution >= 0.6 is 0 Å². The number of aryl methyl sites for hydroxylation is 1. The molecule has 1 N–H and O–H groups in total. The zero-order valence-electron chi connectivity index (χ0n) is 6.53. The van der Waals surface area contributed by atoms with Gasteiger partial charge < -0.3 is 5.11 Å². The first-order chi connectivity index (χ1) is 5.65. The molecule has 0 aromatic heterocycles. The van der Waals surface area contributed by atoms with Crippen LogP contribution in [0.5, 0.6) is 0 Å². The molecule has 0 unspecified atom stereocenters. The summed E-state index contributed by atoms with van der Waals surface area (Å²) in [4.78, 5) is 10.5. The van der Waals surface area contributed by atoms with Crippen molar-refractivity contribution in [3.8, 4) is 6.07 Å². The SMILES string of the molecule is Cc1ccc(C(=O)O)cc1C#N. The highest BCUT2D eigenvalue weighted by Crippen LogP contribution is 2.09. The summed E-state index contributed by atoms with van der Waals surface area (Å²) in [6, 6.07) is 6.41. The number of benzene rings is 1. The van der Waals surface area contributed by atoms with Crippen molar-refractivity contribution in [1.82, 2.24) is 0 Å². The molecule has 1 rings (SSSR count). The van der Waals surface area contributed by atoms with Gasteiger partial charge in [0.1, 0.15) is 0 Å². The lowest BCUT2D eigenvalue weighted by molar-refractivity contribution is 0.0697. The van der Waals surface area contributed by atoms with Crippen molar-refractivity contribution in [3.05, 3.63) is 34.9 Å². The molecule has 0 saturated carbocycles. The first-order valence-electron chi connectivity index (χ1n) is 3.39. The van der Waals surface area contributed by atoms with Crippen LogP contribution in [0.15, 0.2) is 18.2 Å². The highest BCUT2D eigenvalue weighted by Gasteiger charge is 2.04. The van der Waals surface area contributed by atoms with E-state index < -0.39 is 5.97 Å². The second kappa shape index (κ2) is 3.05. The fraction of sp³-hybridized carbons (Fsp3) is 0.111. The van der Waals surface area contributed by atoms with Crippen molar-refractivity contribution in [2.24, 2.45) is 0 Å². The van der Waals surface area contributed by atoms with Crippen molar-refractivity contribution in [2.75, 3.05) is 0 Å². The topological polar surface area (TPSA) is 61.1 Å². The molecule has 0 amide bonds. The molecule has 1 aromatic rings. The first-order valence-corrected chi connectivity index (χ1v) is 3.39. The van der Waals surface area contributed by atoms with E-state index in [0.717, 1.165) is 5.56 Å². The Bertz CT molecular complexity index is 363. The molecule has 0 aliphatic heterocycles. The van der Waals surface area contributed by atoms with E-state index in [0.29, 0.717) is 5.56 Å². The van der Waals surface area contributed by atoms with E-state index in [9.17, 15) is 4.79 Å². The lowest BCUT2D eigenvalue weighted by atomic mass is 10.1. The Morgan fingerprint density at radius 2 is 2.25 bits per heavy atom. The van der Waals surface area contributed by atoms with Gasteiger partial charge in [0.15, 0.2) is 0 Å². The zero-order chi connectivity index (χ0) is 9.14. The lowest BCUT2D eigenvalue weighted by Crippen LogP contribution is -1.97. The van der Waals surface area contributed by atoms with E-state index in [4.69, 9.17) is 10.4 Å². The average Bonchev–Trinajstić information content (AvgIpc) is 2.05. The summed E-state index contributed by atoms with van der Waals surface area (Å²) in [5.74, 6) is -1.01. The van der Waals surface area contributed by atoms with E-state index in [1.807, 2.05) is 6.07 Å². The molecule has 3 heteroatoms. The van der Waals surface area contributed by atoms with Crippen LogP contribution in [0, 0.1) is 18.3 Å². The van der Waals surface area contributed by atoms with Gasteiger partial charge in [-0.05, 0) is 24.6 Å². The molecule has 0 fully saturated rings. The molecule has 0 saturated heterocycles. The summed E-state index contributed by atoms with van der Waals surface area (Å²) in [7, 11) is 0. The van der Waals surface area contributed by atoms with E-state index in [-0.39, 0.29) is 5.56 Å². The maximum absolute atomic E-state index is 10.5. The van der Waals surface area contributed by atoms with Gasteiger partial charge in [-0.2, -0.15) is 5.26 Å². The highest BCUT2D eigenvalue weighted by atomic mass is 16.4. The maximum atomic E-state index is 10.5. The summed E-state index contributed by atoms with van der Waals surface area (Å²) < 4.78 is 0. The molecule has 0 radical (unpaired) electrons. The van der Waals surface area contributed by atoms with Crippen LogP contribution in [0.3, 0.4) is 0 Å². The summed E-state index contributed by atoms with van der Waals surface area (Å²) in [6.07, 6.45) is 0. The Morgan fingerprint density at radius 1 is 1.58 bits per heavy atom. The van der Waals surface area contributed by atoms with Crippen molar-refractivity contribution < 1.29 is 9.90 Å². The van der Waals surface area contributed by atoms with Crippen LogP contribution in [0.1, 0.15) is 21.5 Å². The third kappa shape index (κ3) is 1.43. The molecule has 3 nitrogen and oxygen atoms in total. The van der Waals surface area contributed by atoms with Crippen LogP contribution in [0.25, 0.3) is 0 Å². The second-order valence-corrected chi connectivity index (χ2v) is 2.45. The Balaban J connectivity index is 3.25. The second-order valence-electron chi connectivity index (χ2n) is 2.45. The maximum Gasteiger partial charge on any atom is 0.335 e. The van der Waals surface area contributed by atoms with Gasteiger partial charge in [0.05, 0.1) is 17.2 Å². The van der Waals surface area contributed by atoms with E-state index in [1.165, 1.54) is 12.1 Å². The Kier molecular flexibility index (Phi) is 2.11. The van der Waals surface area contributed by atoms with E-state index >= 15 is 0 Å². The lowest BCUT2D eigenvalue weighted by Gasteiger charge is -1.97. The molecule has 0 aliphatic rings. The van der Waals surface area contributed by atoms with Gasteiger partial charge in [0.25, 0.3) is 0 Å². The summed E-state index contributed by atoms with van der Waals surface area (Å²) >= 11 is 0. The molecule has 12 heavy (non-hydrogen) atoms. The molecular formula is C9H7NO2. The zero-order valence-corrected chi connectivity index (χ0v) is 6.53. The summed E-state index contributed by atoms with van der Waals surface area (Å²) in [5.41, 5.74) is 1.36. The number of carbonyl (C=O) groups is 1. The molecule has 1 aromatic carbocycles. The molecule has 0 atom stereocenters. The van der Waals surface area contributed by atoms with Gasteiger partial charge in [-0.1, -0.05) is 6.07 Å². The van der Waals surface area contributed by atoms with E-state index in [1.54, 1.807) is 13.0 Å². The number of nitrogens with zero attached hydrogens (tertiary/aromatic N) is 1. The van der Waals surface area contributed by atoms with Crippen molar-refractivity contribution in [1.29, 1.82) is 5.26 Å². The number of aromatic carboxylic acids is 1. The molecule has 0 aliphatic carbocycles. The molecule has 0 bridgehead atoms. The van der Waals surface area contributed by atoms with Gasteiger partial charge >= 0.3 is 5.97 Å². The molecule has 0 spiro atoms.